The molecule has 1 N–H and O–H groups in total. The molecule has 118 valence electrons. The summed E-state index contributed by atoms with van der Waals surface area (Å²) < 4.78 is 31.9. The minimum Gasteiger partial charge on any atom is -0.467 e. The number of carbonyl (C=O) groups is 1. The van der Waals surface area contributed by atoms with E-state index < -0.39 is 10.2 Å². The Kier molecular flexibility index (Phi) is 5.02. The third-order valence-corrected chi connectivity index (χ3v) is 5.47. The lowest BCUT2D eigenvalue weighted by Crippen LogP contribution is -2.48. The number of nitrogens with zero attached hydrogens (tertiary/aromatic N) is 2. The van der Waals surface area contributed by atoms with E-state index in [1.54, 1.807) is 18.4 Å². The summed E-state index contributed by atoms with van der Waals surface area (Å²) in [6.07, 6.45) is 2.93. The van der Waals surface area contributed by atoms with Crippen molar-refractivity contribution in [2.45, 2.75) is 19.4 Å². The molecule has 1 amide bonds. The molecule has 1 atom stereocenters. The molecule has 21 heavy (non-hydrogen) atoms. The molecule has 0 unspecified atom stereocenters. The molecule has 0 aliphatic carbocycles. The molecule has 0 saturated carbocycles. The third-order valence-electron chi connectivity index (χ3n) is 3.56. The van der Waals surface area contributed by atoms with Crippen LogP contribution in [0.15, 0.2) is 22.8 Å². The van der Waals surface area contributed by atoms with Gasteiger partial charge < -0.3 is 9.73 Å². The Morgan fingerprint density at radius 2 is 2.29 bits per heavy atom. The van der Waals surface area contributed by atoms with E-state index in [1.807, 2.05) is 0 Å². The first-order valence-corrected chi connectivity index (χ1v) is 8.28. The Hall–Kier alpha value is -1.38. The molecule has 2 heterocycles. The molecule has 1 aliphatic rings. The van der Waals surface area contributed by atoms with Crippen LogP contribution in [0.3, 0.4) is 0 Å². The molecule has 0 spiro atoms. The smallest absolute Gasteiger partial charge is 0.281 e. The second kappa shape index (κ2) is 6.59. The van der Waals surface area contributed by atoms with Crippen LogP contribution in [-0.2, 0) is 21.5 Å². The molecule has 1 aromatic heterocycles. The molecule has 0 aromatic carbocycles. The fourth-order valence-corrected chi connectivity index (χ4v) is 3.52. The molecule has 0 radical (unpaired) electrons. The molecule has 2 rings (SSSR count). The average Bonchev–Trinajstić information content (AvgIpc) is 2.98. The van der Waals surface area contributed by atoms with Crippen LogP contribution in [0.25, 0.3) is 0 Å². The summed E-state index contributed by atoms with van der Waals surface area (Å²) in [5, 5.41) is 2.79. The fraction of sp³-hybridized carbons (Fsp3) is 0.615. The van der Waals surface area contributed by atoms with Crippen molar-refractivity contribution in [3.8, 4) is 0 Å². The van der Waals surface area contributed by atoms with Crippen LogP contribution in [0.4, 0.5) is 0 Å². The van der Waals surface area contributed by atoms with Crippen molar-refractivity contribution < 1.29 is 17.6 Å². The molecule has 8 heteroatoms. The fourth-order valence-electron chi connectivity index (χ4n) is 2.33. The standard InChI is InChI=1S/C13H21N3O4S/c1-15(2)21(18,19)16-7-3-5-11(10-16)13(17)14-9-12-6-4-8-20-12/h4,6,8,11H,3,5,7,9-10H2,1-2H3,(H,14,17)/t11-/m1/s1. The van der Waals surface area contributed by atoms with Crippen LogP contribution in [0.2, 0.25) is 0 Å². The van der Waals surface area contributed by atoms with Crippen LogP contribution >= 0.6 is 0 Å². The average molecular weight is 315 g/mol. The SMILES string of the molecule is CN(C)S(=O)(=O)N1CCC[C@@H](C(=O)NCc2ccco2)C1. The summed E-state index contributed by atoms with van der Waals surface area (Å²) in [5.74, 6) is 0.227. The minimum atomic E-state index is -3.46. The lowest BCUT2D eigenvalue weighted by molar-refractivity contribution is -0.126. The van der Waals surface area contributed by atoms with Gasteiger partial charge in [-0.3, -0.25) is 4.79 Å². The summed E-state index contributed by atoms with van der Waals surface area (Å²) in [6.45, 7) is 1.01. The summed E-state index contributed by atoms with van der Waals surface area (Å²) in [4.78, 5) is 12.1. The van der Waals surface area contributed by atoms with E-state index in [-0.39, 0.29) is 18.4 Å². The normalized spacial score (nSPS) is 20.6. The maximum Gasteiger partial charge on any atom is 0.281 e. The van der Waals surface area contributed by atoms with Crippen molar-refractivity contribution in [1.82, 2.24) is 13.9 Å². The van der Waals surface area contributed by atoms with E-state index in [1.165, 1.54) is 22.7 Å². The maximum absolute atomic E-state index is 12.1. The quantitative estimate of drug-likeness (QED) is 0.853. The number of furan rings is 1. The van der Waals surface area contributed by atoms with E-state index in [0.717, 1.165) is 0 Å². The van der Waals surface area contributed by atoms with Gasteiger partial charge in [0, 0.05) is 27.2 Å². The first-order chi connectivity index (χ1) is 9.91. The highest BCUT2D eigenvalue weighted by Gasteiger charge is 2.33. The van der Waals surface area contributed by atoms with Crippen molar-refractivity contribution in [3.05, 3.63) is 24.2 Å². The van der Waals surface area contributed by atoms with Gasteiger partial charge in [0.1, 0.15) is 5.76 Å². The van der Waals surface area contributed by atoms with Gasteiger partial charge in [0.15, 0.2) is 0 Å². The van der Waals surface area contributed by atoms with Gasteiger partial charge in [-0.25, -0.2) is 0 Å². The van der Waals surface area contributed by atoms with Gasteiger partial charge in [-0.2, -0.15) is 17.0 Å². The highest BCUT2D eigenvalue weighted by atomic mass is 32.2. The van der Waals surface area contributed by atoms with E-state index in [2.05, 4.69) is 5.32 Å². The molecular weight excluding hydrogens is 294 g/mol. The third kappa shape index (κ3) is 3.84. The number of hydrogen-bond donors (Lipinski definition) is 1. The lowest BCUT2D eigenvalue weighted by atomic mass is 9.99. The van der Waals surface area contributed by atoms with Gasteiger partial charge in [-0.05, 0) is 25.0 Å². The highest BCUT2D eigenvalue weighted by Crippen LogP contribution is 2.20. The van der Waals surface area contributed by atoms with Crippen LogP contribution in [-0.4, -0.2) is 50.1 Å². The van der Waals surface area contributed by atoms with Crippen molar-refractivity contribution >= 4 is 16.1 Å². The number of piperidine rings is 1. The zero-order chi connectivity index (χ0) is 15.5. The van der Waals surface area contributed by atoms with Crippen molar-refractivity contribution in [3.63, 3.8) is 0 Å². The van der Waals surface area contributed by atoms with Gasteiger partial charge in [0.2, 0.25) is 5.91 Å². The topological polar surface area (TPSA) is 82.9 Å². The van der Waals surface area contributed by atoms with E-state index in [4.69, 9.17) is 4.42 Å². The van der Waals surface area contributed by atoms with Crippen molar-refractivity contribution in [2.75, 3.05) is 27.2 Å². The molecule has 1 aliphatic heterocycles. The maximum atomic E-state index is 12.1. The zero-order valence-electron chi connectivity index (χ0n) is 12.3. The van der Waals surface area contributed by atoms with E-state index >= 15 is 0 Å². The van der Waals surface area contributed by atoms with Gasteiger partial charge in [-0.15, -0.1) is 0 Å². The van der Waals surface area contributed by atoms with Gasteiger partial charge >= 0.3 is 0 Å². The second-order valence-electron chi connectivity index (χ2n) is 5.28. The Balaban J connectivity index is 1.93. The largest absolute Gasteiger partial charge is 0.467 e. The minimum absolute atomic E-state index is 0.134. The second-order valence-corrected chi connectivity index (χ2v) is 7.43. The molecule has 1 fully saturated rings. The van der Waals surface area contributed by atoms with E-state index in [0.29, 0.717) is 31.7 Å². The predicted molar refractivity (Wildman–Crippen MR) is 77.5 cm³/mol. The number of amides is 1. The van der Waals surface area contributed by atoms with Crippen molar-refractivity contribution in [1.29, 1.82) is 0 Å². The summed E-state index contributed by atoms with van der Waals surface area (Å²) in [5.41, 5.74) is 0. The number of nitrogens with one attached hydrogen (secondary N) is 1. The highest BCUT2D eigenvalue weighted by molar-refractivity contribution is 7.86. The first kappa shape index (κ1) is 16.0. The molecule has 7 nitrogen and oxygen atoms in total. The lowest BCUT2D eigenvalue weighted by Gasteiger charge is -2.32. The van der Waals surface area contributed by atoms with Gasteiger partial charge in [-0.1, -0.05) is 0 Å². The summed E-state index contributed by atoms with van der Waals surface area (Å²) in [7, 11) is -0.464. The number of rotatable bonds is 5. The summed E-state index contributed by atoms with van der Waals surface area (Å²) in [6, 6.07) is 3.54. The Morgan fingerprint density at radius 3 is 2.90 bits per heavy atom. The van der Waals surface area contributed by atoms with Crippen molar-refractivity contribution in [2.24, 2.45) is 5.92 Å². The van der Waals surface area contributed by atoms with Gasteiger partial charge in [0.25, 0.3) is 10.2 Å². The Labute approximate surface area is 125 Å². The van der Waals surface area contributed by atoms with Gasteiger partial charge in [0.05, 0.1) is 18.7 Å². The van der Waals surface area contributed by atoms with Crippen LogP contribution in [0.1, 0.15) is 18.6 Å². The Bertz CT molecular complexity index is 568. The van der Waals surface area contributed by atoms with E-state index in [9.17, 15) is 13.2 Å². The molecule has 1 aromatic rings. The number of carbonyl (C=O) groups excluding carboxylic acids is 1. The summed E-state index contributed by atoms with van der Waals surface area (Å²) >= 11 is 0. The predicted octanol–water partition coefficient (Wildman–Crippen LogP) is 0.414. The van der Waals surface area contributed by atoms with Crippen LogP contribution < -0.4 is 5.32 Å². The van der Waals surface area contributed by atoms with Crippen LogP contribution in [0.5, 0.6) is 0 Å². The first-order valence-electron chi connectivity index (χ1n) is 6.89. The van der Waals surface area contributed by atoms with Crippen LogP contribution in [0, 0.1) is 5.92 Å². The molecular formula is C13H21N3O4S. The Morgan fingerprint density at radius 1 is 1.52 bits per heavy atom. The zero-order valence-corrected chi connectivity index (χ0v) is 13.1. The molecule has 0 bridgehead atoms. The number of hydrogen-bond acceptors (Lipinski definition) is 4. The molecule has 1 saturated heterocycles. The monoisotopic (exact) mass is 315 g/mol.